The molecule has 0 fully saturated rings. The van der Waals surface area contributed by atoms with Crippen LogP contribution in [0.15, 0.2) is 78.2 Å². The maximum absolute atomic E-state index is 13.6. The highest BCUT2D eigenvalue weighted by Gasteiger charge is 2.20. The van der Waals surface area contributed by atoms with E-state index in [9.17, 15) is 4.79 Å². The van der Waals surface area contributed by atoms with E-state index < -0.39 is 0 Å². The molecule has 0 aliphatic carbocycles. The molecule has 0 saturated heterocycles. The van der Waals surface area contributed by atoms with Crippen molar-refractivity contribution in [1.82, 2.24) is 9.97 Å². The number of hydrogen-bond acceptors (Lipinski definition) is 5. The van der Waals surface area contributed by atoms with Crippen LogP contribution >= 0.6 is 11.3 Å². The molecule has 186 valence electrons. The first-order chi connectivity index (χ1) is 17.9. The molecule has 6 heteroatoms. The molecule has 0 saturated carbocycles. The maximum Gasteiger partial charge on any atom is 0.258 e. The normalized spacial score (nSPS) is 11.2. The van der Waals surface area contributed by atoms with Crippen LogP contribution in [0.25, 0.3) is 33.4 Å². The zero-order valence-electron chi connectivity index (χ0n) is 21.4. The third-order valence-electron chi connectivity index (χ3n) is 6.34. The second-order valence-electron chi connectivity index (χ2n) is 9.49. The molecule has 5 aromatic rings. The molecule has 5 rings (SSSR count). The number of benzene rings is 3. The van der Waals surface area contributed by atoms with Gasteiger partial charge >= 0.3 is 0 Å². The van der Waals surface area contributed by atoms with Gasteiger partial charge in [-0.1, -0.05) is 56.3 Å². The van der Waals surface area contributed by atoms with Gasteiger partial charge in [-0.3, -0.25) is 10.1 Å². The summed E-state index contributed by atoms with van der Waals surface area (Å²) in [4.78, 5) is 23.2. The summed E-state index contributed by atoms with van der Waals surface area (Å²) in [5, 5.41) is 6.40. The molecule has 37 heavy (non-hydrogen) atoms. The highest BCUT2D eigenvalue weighted by molar-refractivity contribution is 7.14. The average Bonchev–Trinajstić information content (AvgIpc) is 3.36. The molecule has 0 unspecified atom stereocenters. The summed E-state index contributed by atoms with van der Waals surface area (Å²) in [5.41, 5.74) is 7.09. The van der Waals surface area contributed by atoms with Crippen molar-refractivity contribution in [2.24, 2.45) is 5.92 Å². The number of anilines is 1. The van der Waals surface area contributed by atoms with Gasteiger partial charge in [0.2, 0.25) is 0 Å². The largest absolute Gasteiger partial charge is 0.497 e. The first kappa shape index (κ1) is 24.7. The third-order valence-corrected chi connectivity index (χ3v) is 7.10. The van der Waals surface area contributed by atoms with Gasteiger partial charge in [0.15, 0.2) is 5.13 Å². The van der Waals surface area contributed by atoms with Crippen LogP contribution in [-0.4, -0.2) is 23.0 Å². The zero-order chi connectivity index (χ0) is 25.9. The predicted molar refractivity (Wildman–Crippen MR) is 153 cm³/mol. The van der Waals surface area contributed by atoms with E-state index in [1.165, 1.54) is 16.9 Å². The van der Waals surface area contributed by atoms with Gasteiger partial charge in [-0.25, -0.2) is 9.97 Å². The van der Waals surface area contributed by atoms with Crippen molar-refractivity contribution in [3.63, 3.8) is 0 Å². The van der Waals surface area contributed by atoms with Crippen molar-refractivity contribution in [3.05, 3.63) is 94.9 Å². The number of carbonyl (C=O) groups is 1. The number of fused-ring (bicyclic) bond motifs is 1. The zero-order valence-corrected chi connectivity index (χ0v) is 22.2. The second kappa shape index (κ2) is 10.5. The van der Waals surface area contributed by atoms with Crippen LogP contribution in [0.2, 0.25) is 0 Å². The minimum atomic E-state index is -0.195. The number of nitrogens with one attached hydrogen (secondary N) is 1. The Morgan fingerprint density at radius 1 is 0.946 bits per heavy atom. The number of rotatable bonds is 7. The van der Waals surface area contributed by atoms with Gasteiger partial charge < -0.3 is 4.74 Å². The Bertz CT molecular complexity index is 1550. The van der Waals surface area contributed by atoms with Crippen molar-refractivity contribution in [2.75, 3.05) is 12.4 Å². The van der Waals surface area contributed by atoms with Crippen LogP contribution in [0.5, 0.6) is 5.75 Å². The lowest BCUT2D eigenvalue weighted by Gasteiger charge is -2.14. The smallest absolute Gasteiger partial charge is 0.258 e. The van der Waals surface area contributed by atoms with Crippen molar-refractivity contribution in [2.45, 2.75) is 27.2 Å². The van der Waals surface area contributed by atoms with Gasteiger partial charge in [0.1, 0.15) is 5.75 Å². The fraction of sp³-hybridized carbons (Fsp3) is 0.194. The first-order valence-electron chi connectivity index (χ1n) is 12.3. The fourth-order valence-electron chi connectivity index (χ4n) is 4.54. The Hall–Kier alpha value is -4.03. The number of thiazole rings is 1. The number of ether oxygens (including phenoxy) is 1. The molecule has 2 aromatic heterocycles. The van der Waals surface area contributed by atoms with Crippen LogP contribution in [0, 0.1) is 12.8 Å². The summed E-state index contributed by atoms with van der Waals surface area (Å²) in [6, 6.07) is 24.0. The molecule has 5 nitrogen and oxygen atoms in total. The van der Waals surface area contributed by atoms with Gasteiger partial charge in [0.25, 0.3) is 5.91 Å². The molecule has 1 N–H and O–H groups in total. The van der Waals surface area contributed by atoms with Crippen LogP contribution in [-0.2, 0) is 6.42 Å². The van der Waals surface area contributed by atoms with E-state index in [0.717, 1.165) is 51.2 Å². The SMILES string of the molecule is COc1ccc(-c2nc3ccccc3c(C(=O)Nc3nc(-c4ccc(CC(C)C)cc4)cs3)c2C)cc1. The molecule has 0 atom stereocenters. The van der Waals surface area contributed by atoms with E-state index in [2.05, 4.69) is 43.4 Å². The quantitative estimate of drug-likeness (QED) is 0.244. The Kier molecular flexibility index (Phi) is 7.01. The lowest BCUT2D eigenvalue weighted by Crippen LogP contribution is -2.15. The number of hydrogen-bond donors (Lipinski definition) is 1. The van der Waals surface area contributed by atoms with Gasteiger partial charge in [0.05, 0.1) is 29.6 Å². The predicted octanol–water partition coefficient (Wildman–Crippen LogP) is 7.79. The van der Waals surface area contributed by atoms with Gasteiger partial charge in [-0.2, -0.15) is 0 Å². The van der Waals surface area contributed by atoms with Crippen LogP contribution in [0.4, 0.5) is 5.13 Å². The maximum atomic E-state index is 13.6. The standard InChI is InChI=1S/C31H29N3O2S/c1-19(2)17-21-9-11-22(12-10-21)27-18-37-31(33-27)34-30(35)28-20(3)29(23-13-15-24(36-4)16-14-23)32-26-8-6-5-7-25(26)28/h5-16,18-19H,17H2,1-4H3,(H,33,34,35). The summed E-state index contributed by atoms with van der Waals surface area (Å²) >= 11 is 1.43. The van der Waals surface area contributed by atoms with Crippen molar-refractivity contribution in [3.8, 4) is 28.3 Å². The van der Waals surface area contributed by atoms with E-state index in [1.54, 1.807) is 7.11 Å². The molecule has 0 radical (unpaired) electrons. The fourth-order valence-corrected chi connectivity index (χ4v) is 5.25. The molecule has 3 aromatic carbocycles. The Labute approximate surface area is 221 Å². The number of nitrogens with zero attached hydrogens (tertiary/aromatic N) is 2. The Balaban J connectivity index is 1.46. The lowest BCUT2D eigenvalue weighted by molar-refractivity contribution is 0.102. The van der Waals surface area contributed by atoms with Crippen molar-refractivity contribution >= 4 is 33.3 Å². The Morgan fingerprint density at radius 3 is 2.35 bits per heavy atom. The van der Waals surface area contributed by atoms with E-state index in [1.807, 2.05) is 60.8 Å². The highest BCUT2D eigenvalue weighted by atomic mass is 32.1. The number of methoxy groups -OCH3 is 1. The van der Waals surface area contributed by atoms with Gasteiger partial charge in [-0.05, 0) is 60.7 Å². The Morgan fingerprint density at radius 2 is 1.65 bits per heavy atom. The molecule has 0 bridgehead atoms. The highest BCUT2D eigenvalue weighted by Crippen LogP contribution is 2.32. The topological polar surface area (TPSA) is 64.1 Å². The molecule has 1 amide bonds. The number of aromatic nitrogens is 2. The van der Waals surface area contributed by atoms with E-state index in [-0.39, 0.29) is 5.91 Å². The number of carbonyl (C=O) groups excluding carboxylic acids is 1. The van der Waals surface area contributed by atoms with Crippen LogP contribution in [0.3, 0.4) is 0 Å². The second-order valence-corrected chi connectivity index (χ2v) is 10.4. The number of para-hydroxylation sites is 1. The van der Waals surface area contributed by atoms with Crippen LogP contribution < -0.4 is 10.1 Å². The molecule has 0 aliphatic rings. The van der Waals surface area contributed by atoms with Gasteiger partial charge in [0, 0.05) is 21.9 Å². The summed E-state index contributed by atoms with van der Waals surface area (Å²) in [6.45, 7) is 6.38. The van der Waals surface area contributed by atoms with Crippen molar-refractivity contribution < 1.29 is 9.53 Å². The molecular weight excluding hydrogens is 478 g/mol. The molecule has 2 heterocycles. The summed E-state index contributed by atoms with van der Waals surface area (Å²) in [7, 11) is 1.64. The number of pyridine rings is 1. The average molecular weight is 508 g/mol. The molecule has 0 spiro atoms. The van der Waals surface area contributed by atoms with E-state index in [4.69, 9.17) is 14.7 Å². The third kappa shape index (κ3) is 5.25. The number of amides is 1. The minimum absolute atomic E-state index is 0.195. The molecule has 0 aliphatic heterocycles. The van der Waals surface area contributed by atoms with Gasteiger partial charge in [-0.15, -0.1) is 11.3 Å². The lowest BCUT2D eigenvalue weighted by atomic mass is 9.97. The van der Waals surface area contributed by atoms with E-state index in [0.29, 0.717) is 16.6 Å². The summed E-state index contributed by atoms with van der Waals surface area (Å²) in [5.74, 6) is 1.19. The summed E-state index contributed by atoms with van der Waals surface area (Å²) in [6.07, 6.45) is 1.05. The van der Waals surface area contributed by atoms with Crippen LogP contribution in [0.1, 0.15) is 35.3 Å². The van der Waals surface area contributed by atoms with Crippen molar-refractivity contribution in [1.29, 1.82) is 0 Å². The van der Waals surface area contributed by atoms with E-state index >= 15 is 0 Å². The minimum Gasteiger partial charge on any atom is -0.497 e. The first-order valence-corrected chi connectivity index (χ1v) is 13.2. The monoisotopic (exact) mass is 507 g/mol. The summed E-state index contributed by atoms with van der Waals surface area (Å²) < 4.78 is 5.30. The molecular formula is C31H29N3O2S.